The number of hydrogen-bond acceptors (Lipinski definition) is 5. The second-order valence-corrected chi connectivity index (χ2v) is 3.46. The van der Waals surface area contributed by atoms with Crippen molar-refractivity contribution in [3.05, 3.63) is 27.2 Å². The molecule has 0 radical (unpaired) electrons. The normalized spacial score (nSPS) is 11.2. The van der Waals surface area contributed by atoms with Gasteiger partial charge in [-0.25, -0.2) is 19.8 Å². The first-order chi connectivity index (χ1) is 7.57. The maximum absolute atomic E-state index is 12.0. The Hall–Kier alpha value is -1.93. The van der Waals surface area contributed by atoms with E-state index in [-0.39, 0.29) is 6.67 Å². The van der Waals surface area contributed by atoms with Crippen LogP contribution in [0.2, 0.25) is 0 Å². The van der Waals surface area contributed by atoms with Gasteiger partial charge in [0, 0.05) is 14.1 Å². The van der Waals surface area contributed by atoms with Crippen LogP contribution in [0.3, 0.4) is 0 Å². The third-order valence-electron chi connectivity index (χ3n) is 2.45. The van der Waals surface area contributed by atoms with Crippen molar-refractivity contribution in [2.45, 2.75) is 6.67 Å². The van der Waals surface area contributed by atoms with Gasteiger partial charge >= 0.3 is 5.69 Å². The average Bonchev–Trinajstić information content (AvgIpc) is 2.64. The van der Waals surface area contributed by atoms with E-state index in [9.17, 15) is 9.59 Å². The van der Waals surface area contributed by atoms with Gasteiger partial charge < -0.3 is 4.57 Å². The summed E-state index contributed by atoms with van der Waals surface area (Å²) < 4.78 is 3.90. The van der Waals surface area contributed by atoms with Gasteiger partial charge in [-0.3, -0.25) is 15.2 Å². The molecule has 0 unspecified atom stereocenters. The maximum atomic E-state index is 12.0. The number of nitrogens with one attached hydrogen (secondary N) is 1. The fourth-order valence-corrected chi connectivity index (χ4v) is 1.63. The van der Waals surface area contributed by atoms with E-state index in [2.05, 4.69) is 10.4 Å². The molecule has 0 fully saturated rings. The predicted molar refractivity (Wildman–Crippen MR) is 57.5 cm³/mol. The molecule has 8 heteroatoms. The quantitative estimate of drug-likeness (QED) is 0.447. The average molecular weight is 224 g/mol. The van der Waals surface area contributed by atoms with Crippen LogP contribution in [0.1, 0.15) is 0 Å². The van der Waals surface area contributed by atoms with Crippen molar-refractivity contribution in [1.82, 2.24) is 24.1 Å². The fourth-order valence-electron chi connectivity index (χ4n) is 1.63. The van der Waals surface area contributed by atoms with Crippen molar-refractivity contribution in [1.29, 1.82) is 0 Å². The monoisotopic (exact) mass is 224 g/mol. The molecule has 86 valence electrons. The van der Waals surface area contributed by atoms with Crippen LogP contribution in [0.25, 0.3) is 11.2 Å². The van der Waals surface area contributed by atoms with Crippen molar-refractivity contribution in [2.75, 3.05) is 0 Å². The van der Waals surface area contributed by atoms with E-state index in [0.29, 0.717) is 11.2 Å². The van der Waals surface area contributed by atoms with E-state index < -0.39 is 11.2 Å². The van der Waals surface area contributed by atoms with Crippen LogP contribution < -0.4 is 22.5 Å². The first kappa shape index (κ1) is 10.6. The second-order valence-electron chi connectivity index (χ2n) is 3.46. The number of rotatable bonds is 2. The Bertz CT molecular complexity index is 649. The van der Waals surface area contributed by atoms with Gasteiger partial charge in [0.1, 0.15) is 0 Å². The minimum absolute atomic E-state index is 0.0351. The summed E-state index contributed by atoms with van der Waals surface area (Å²) in [5.41, 5.74) is 2.17. The Morgan fingerprint density at radius 2 is 2.12 bits per heavy atom. The van der Waals surface area contributed by atoms with Crippen LogP contribution in [0.5, 0.6) is 0 Å². The molecule has 0 aliphatic heterocycles. The second kappa shape index (κ2) is 3.58. The van der Waals surface area contributed by atoms with Gasteiger partial charge in [0.05, 0.1) is 13.0 Å². The number of aromatic nitrogens is 4. The molecule has 0 saturated carbocycles. The summed E-state index contributed by atoms with van der Waals surface area (Å²) in [4.78, 5) is 27.8. The third kappa shape index (κ3) is 1.27. The van der Waals surface area contributed by atoms with E-state index in [0.717, 1.165) is 4.57 Å². The Kier molecular flexibility index (Phi) is 2.37. The summed E-state index contributed by atoms with van der Waals surface area (Å²) in [7, 11) is 3.26. The number of hydrogen-bond donors (Lipinski definition) is 2. The van der Waals surface area contributed by atoms with Gasteiger partial charge in [-0.1, -0.05) is 0 Å². The minimum Gasteiger partial charge on any atom is -0.328 e. The van der Waals surface area contributed by atoms with Crippen LogP contribution in [0.4, 0.5) is 0 Å². The molecule has 0 amide bonds. The number of fused-ring (bicyclic) bond motifs is 1. The Morgan fingerprint density at radius 1 is 1.44 bits per heavy atom. The number of hydrazine groups is 1. The molecule has 3 N–H and O–H groups in total. The van der Waals surface area contributed by atoms with Gasteiger partial charge in [0.15, 0.2) is 11.2 Å². The molecule has 2 heterocycles. The molecule has 16 heavy (non-hydrogen) atoms. The maximum Gasteiger partial charge on any atom is 0.333 e. The Balaban J connectivity index is 2.98. The highest BCUT2D eigenvalue weighted by Gasteiger charge is 2.13. The number of imidazole rings is 1. The lowest BCUT2D eigenvalue weighted by Gasteiger charge is -2.07. The number of nitrogens with zero attached hydrogens (tertiary/aromatic N) is 4. The van der Waals surface area contributed by atoms with Crippen LogP contribution in [-0.2, 0) is 20.8 Å². The molecule has 0 saturated heterocycles. The lowest BCUT2D eigenvalue weighted by molar-refractivity contribution is 0.525. The van der Waals surface area contributed by atoms with Crippen molar-refractivity contribution < 1.29 is 0 Å². The zero-order valence-corrected chi connectivity index (χ0v) is 8.97. The number of aryl methyl sites for hydroxylation is 2. The van der Waals surface area contributed by atoms with E-state index in [4.69, 9.17) is 5.84 Å². The minimum atomic E-state index is -0.450. The van der Waals surface area contributed by atoms with E-state index in [1.54, 1.807) is 18.7 Å². The largest absolute Gasteiger partial charge is 0.333 e. The Morgan fingerprint density at radius 3 is 2.75 bits per heavy atom. The molecule has 0 spiro atoms. The summed E-state index contributed by atoms with van der Waals surface area (Å²) in [6.07, 6.45) is 1.49. The lowest BCUT2D eigenvalue weighted by atomic mass is 10.5. The molecule has 0 aliphatic rings. The van der Waals surface area contributed by atoms with Crippen LogP contribution in [0, 0.1) is 0 Å². The van der Waals surface area contributed by atoms with E-state index in [1.165, 1.54) is 10.9 Å². The third-order valence-corrected chi connectivity index (χ3v) is 2.45. The van der Waals surface area contributed by atoms with Crippen molar-refractivity contribution >= 4 is 11.2 Å². The molecule has 2 aromatic heterocycles. The highest BCUT2D eigenvalue weighted by molar-refractivity contribution is 5.69. The van der Waals surface area contributed by atoms with E-state index >= 15 is 0 Å². The zero-order chi connectivity index (χ0) is 11.9. The zero-order valence-electron chi connectivity index (χ0n) is 8.97. The van der Waals surface area contributed by atoms with Crippen molar-refractivity contribution in [3.63, 3.8) is 0 Å². The van der Waals surface area contributed by atoms with Crippen LogP contribution in [-0.4, -0.2) is 18.7 Å². The molecule has 8 nitrogen and oxygen atoms in total. The van der Waals surface area contributed by atoms with Gasteiger partial charge in [0.2, 0.25) is 0 Å². The molecule has 0 aromatic carbocycles. The van der Waals surface area contributed by atoms with Gasteiger partial charge in [-0.15, -0.1) is 0 Å². The first-order valence-electron chi connectivity index (χ1n) is 4.62. The van der Waals surface area contributed by atoms with Crippen LogP contribution in [0.15, 0.2) is 15.9 Å². The molecular weight excluding hydrogens is 212 g/mol. The van der Waals surface area contributed by atoms with Gasteiger partial charge in [0.25, 0.3) is 5.56 Å². The fraction of sp³-hybridized carbons (Fsp3) is 0.375. The summed E-state index contributed by atoms with van der Waals surface area (Å²) in [5.74, 6) is 5.13. The lowest BCUT2D eigenvalue weighted by Crippen LogP contribution is -2.44. The number of nitrogens with two attached hydrogens (primary N) is 1. The predicted octanol–water partition coefficient (Wildman–Crippen LogP) is -2.15. The first-order valence-corrected chi connectivity index (χ1v) is 4.62. The van der Waals surface area contributed by atoms with E-state index in [1.807, 2.05) is 0 Å². The Labute approximate surface area is 89.9 Å². The van der Waals surface area contributed by atoms with Gasteiger partial charge in [-0.05, 0) is 0 Å². The molecule has 0 atom stereocenters. The van der Waals surface area contributed by atoms with Crippen LogP contribution >= 0.6 is 0 Å². The standard InChI is InChI=1S/C8H12N6O2/c1-12-3-10-6-5(12)7(15)14(4-11-9)8(16)13(6)2/h3,11H,4,9H2,1-2H3. The summed E-state index contributed by atoms with van der Waals surface area (Å²) in [5, 5.41) is 0. The van der Waals surface area contributed by atoms with Crippen molar-refractivity contribution in [3.8, 4) is 0 Å². The molecule has 2 rings (SSSR count). The molecule has 2 aromatic rings. The molecule has 0 bridgehead atoms. The summed E-state index contributed by atoms with van der Waals surface area (Å²) in [6.45, 7) is -0.0351. The SMILES string of the molecule is Cn1cnc2c1c(=O)n(CNN)c(=O)n2C. The molecular formula is C8H12N6O2. The summed E-state index contributed by atoms with van der Waals surface area (Å²) >= 11 is 0. The smallest absolute Gasteiger partial charge is 0.328 e. The summed E-state index contributed by atoms with van der Waals surface area (Å²) in [6, 6.07) is 0. The van der Waals surface area contributed by atoms with Gasteiger partial charge in [-0.2, -0.15) is 0 Å². The highest BCUT2D eigenvalue weighted by Crippen LogP contribution is 2.02. The highest BCUT2D eigenvalue weighted by atomic mass is 16.2. The van der Waals surface area contributed by atoms with Crippen molar-refractivity contribution in [2.24, 2.45) is 19.9 Å². The topological polar surface area (TPSA) is 99.9 Å². The molecule has 0 aliphatic carbocycles.